The highest BCUT2D eigenvalue weighted by molar-refractivity contribution is 5.73. The van der Waals surface area contributed by atoms with Crippen molar-refractivity contribution < 1.29 is 14.5 Å². The van der Waals surface area contributed by atoms with Crippen molar-refractivity contribution in [2.75, 3.05) is 7.11 Å². The van der Waals surface area contributed by atoms with E-state index in [2.05, 4.69) is 4.74 Å². The van der Waals surface area contributed by atoms with Gasteiger partial charge in [0.1, 0.15) is 0 Å². The van der Waals surface area contributed by atoms with Crippen molar-refractivity contribution in [3.63, 3.8) is 0 Å². The molecule has 5 heteroatoms. The van der Waals surface area contributed by atoms with Crippen LogP contribution in [0.25, 0.3) is 0 Å². The van der Waals surface area contributed by atoms with Gasteiger partial charge in [-0.05, 0) is 0 Å². The molecule has 0 spiro atoms. The van der Waals surface area contributed by atoms with Gasteiger partial charge in [0.15, 0.2) is 0 Å². The van der Waals surface area contributed by atoms with E-state index in [1.807, 2.05) is 0 Å². The molecule has 1 saturated carbocycles. The monoisotopic (exact) mass is 159 g/mol. The van der Waals surface area contributed by atoms with Gasteiger partial charge in [0.2, 0.25) is 6.04 Å². The lowest BCUT2D eigenvalue weighted by atomic mass is 9.81. The lowest BCUT2D eigenvalue weighted by Gasteiger charge is -2.25. The van der Waals surface area contributed by atoms with Crippen molar-refractivity contribution in [3.8, 4) is 0 Å². The van der Waals surface area contributed by atoms with Crippen molar-refractivity contribution >= 4 is 5.97 Å². The summed E-state index contributed by atoms with van der Waals surface area (Å²) in [7, 11) is 1.29. The Hall–Kier alpha value is -1.13. The molecule has 0 saturated heterocycles. The summed E-state index contributed by atoms with van der Waals surface area (Å²) in [4.78, 5) is 20.5. The molecule has 11 heavy (non-hydrogen) atoms. The first-order valence-electron chi connectivity index (χ1n) is 3.36. The van der Waals surface area contributed by atoms with Gasteiger partial charge in [-0.25, -0.2) is 0 Å². The first-order valence-corrected chi connectivity index (χ1v) is 3.36. The second-order valence-corrected chi connectivity index (χ2v) is 2.63. The summed E-state index contributed by atoms with van der Waals surface area (Å²) in [5, 5.41) is 10.1. The topological polar surface area (TPSA) is 69.4 Å². The third-order valence-electron chi connectivity index (χ3n) is 1.95. The van der Waals surface area contributed by atoms with Gasteiger partial charge in [-0.15, -0.1) is 0 Å². The summed E-state index contributed by atoms with van der Waals surface area (Å²) < 4.78 is 4.42. The zero-order valence-corrected chi connectivity index (χ0v) is 6.15. The molecule has 0 aromatic rings. The van der Waals surface area contributed by atoms with Gasteiger partial charge in [-0.1, -0.05) is 0 Å². The van der Waals surface area contributed by atoms with Crippen LogP contribution in [0.1, 0.15) is 12.8 Å². The zero-order chi connectivity index (χ0) is 8.43. The van der Waals surface area contributed by atoms with Crippen molar-refractivity contribution in [1.82, 2.24) is 0 Å². The molecule has 0 aromatic carbocycles. The van der Waals surface area contributed by atoms with E-state index in [0.717, 1.165) is 0 Å². The third-order valence-corrected chi connectivity index (χ3v) is 1.95. The molecule has 0 amide bonds. The summed E-state index contributed by atoms with van der Waals surface area (Å²) in [6.45, 7) is 0. The van der Waals surface area contributed by atoms with E-state index >= 15 is 0 Å². The number of carbonyl (C=O) groups excluding carboxylic acids is 1. The Bertz CT molecular complexity index is 185. The number of rotatable bonds is 2. The fourth-order valence-corrected chi connectivity index (χ4v) is 1.12. The maximum absolute atomic E-state index is 10.7. The number of hydrogen-bond acceptors (Lipinski definition) is 4. The van der Waals surface area contributed by atoms with Gasteiger partial charge < -0.3 is 4.74 Å². The Kier molecular flexibility index (Phi) is 2.07. The Morgan fingerprint density at radius 1 is 1.64 bits per heavy atom. The fraction of sp³-hybridized carbons (Fsp3) is 0.833. The number of nitro groups is 1. The number of carbonyl (C=O) groups is 1. The van der Waals surface area contributed by atoms with E-state index in [4.69, 9.17) is 0 Å². The van der Waals surface area contributed by atoms with E-state index < -0.39 is 6.04 Å². The summed E-state index contributed by atoms with van der Waals surface area (Å²) in [5.74, 6) is -0.571. The molecule has 0 heterocycles. The highest BCUT2D eigenvalue weighted by Crippen LogP contribution is 2.30. The Morgan fingerprint density at radius 3 is 2.55 bits per heavy atom. The molecular formula is C6H9NO4. The van der Waals surface area contributed by atoms with Gasteiger partial charge in [0.25, 0.3) is 0 Å². The smallest absolute Gasteiger partial charge is 0.309 e. The number of esters is 1. The Balaban J connectivity index is 2.29. The second-order valence-electron chi connectivity index (χ2n) is 2.63. The Labute approximate surface area is 63.5 Å². The van der Waals surface area contributed by atoms with Crippen LogP contribution in [0.2, 0.25) is 0 Å². The molecule has 62 valence electrons. The van der Waals surface area contributed by atoms with Crippen LogP contribution in [0.5, 0.6) is 0 Å². The van der Waals surface area contributed by atoms with Gasteiger partial charge in [0, 0.05) is 17.8 Å². The molecule has 0 unspecified atom stereocenters. The molecule has 0 N–H and O–H groups in total. The minimum absolute atomic E-state index is 0.240. The summed E-state index contributed by atoms with van der Waals surface area (Å²) >= 11 is 0. The molecule has 1 rings (SSSR count). The molecule has 0 radical (unpaired) electrons. The van der Waals surface area contributed by atoms with Gasteiger partial charge in [0.05, 0.1) is 13.0 Å². The minimum Gasteiger partial charge on any atom is -0.469 e. The van der Waals surface area contributed by atoms with Crippen LogP contribution in [-0.2, 0) is 9.53 Å². The molecule has 0 bridgehead atoms. The maximum Gasteiger partial charge on any atom is 0.309 e. The van der Waals surface area contributed by atoms with Crippen LogP contribution in [0.4, 0.5) is 0 Å². The van der Waals surface area contributed by atoms with Crippen LogP contribution < -0.4 is 0 Å². The maximum atomic E-state index is 10.7. The van der Waals surface area contributed by atoms with Gasteiger partial charge >= 0.3 is 5.97 Å². The summed E-state index contributed by atoms with van der Waals surface area (Å²) in [6, 6.07) is -0.529. The van der Waals surface area contributed by atoms with Crippen molar-refractivity contribution in [2.24, 2.45) is 5.92 Å². The number of nitrogens with zero attached hydrogens (tertiary/aromatic N) is 1. The third kappa shape index (κ3) is 1.47. The largest absolute Gasteiger partial charge is 0.469 e. The quantitative estimate of drug-likeness (QED) is 0.328. The lowest BCUT2D eigenvalue weighted by molar-refractivity contribution is -0.539. The van der Waals surface area contributed by atoms with Crippen LogP contribution in [0.3, 0.4) is 0 Å². The van der Waals surface area contributed by atoms with Crippen LogP contribution in [0.15, 0.2) is 0 Å². The van der Waals surface area contributed by atoms with Gasteiger partial charge in [-0.2, -0.15) is 0 Å². The molecule has 1 fully saturated rings. The molecule has 1 aliphatic carbocycles. The summed E-state index contributed by atoms with van der Waals surface area (Å²) in [5.41, 5.74) is 0. The fourth-order valence-electron chi connectivity index (χ4n) is 1.12. The number of methoxy groups -OCH3 is 1. The predicted molar refractivity (Wildman–Crippen MR) is 35.5 cm³/mol. The number of ether oxygens (including phenoxy) is 1. The van der Waals surface area contributed by atoms with E-state index in [9.17, 15) is 14.9 Å². The lowest BCUT2D eigenvalue weighted by Crippen LogP contribution is -2.39. The molecule has 0 aliphatic heterocycles. The van der Waals surface area contributed by atoms with E-state index in [1.54, 1.807) is 0 Å². The minimum atomic E-state index is -0.529. The summed E-state index contributed by atoms with van der Waals surface area (Å²) in [6.07, 6.45) is 0.666. The average Bonchev–Trinajstić information content (AvgIpc) is 1.83. The van der Waals surface area contributed by atoms with Crippen molar-refractivity contribution in [2.45, 2.75) is 18.9 Å². The molecule has 0 aromatic heterocycles. The molecular weight excluding hydrogens is 150 g/mol. The van der Waals surface area contributed by atoms with Crippen molar-refractivity contribution in [3.05, 3.63) is 10.1 Å². The molecule has 5 nitrogen and oxygen atoms in total. The highest BCUT2D eigenvalue weighted by atomic mass is 16.6. The molecule has 1 aliphatic rings. The first kappa shape index (κ1) is 7.97. The average molecular weight is 159 g/mol. The van der Waals surface area contributed by atoms with Crippen LogP contribution >= 0.6 is 0 Å². The second kappa shape index (κ2) is 2.86. The standard InChI is InChI=1S/C6H9NO4/c1-11-6(8)4-2-5(3-4)7(9)10/h4-5H,2-3H2,1H3. The zero-order valence-electron chi connectivity index (χ0n) is 6.15. The normalized spacial score (nSPS) is 28.8. The van der Waals surface area contributed by atoms with E-state index in [-0.39, 0.29) is 16.8 Å². The Morgan fingerprint density at radius 2 is 2.18 bits per heavy atom. The predicted octanol–water partition coefficient (Wildman–Crippen LogP) is 0.215. The first-order chi connectivity index (χ1) is 5.15. The van der Waals surface area contributed by atoms with Gasteiger partial charge in [-0.3, -0.25) is 14.9 Å². The SMILES string of the molecule is COC(=O)C1CC([N+](=O)[O-])C1. The van der Waals surface area contributed by atoms with E-state index in [0.29, 0.717) is 12.8 Å². The van der Waals surface area contributed by atoms with Crippen LogP contribution in [0, 0.1) is 16.0 Å². The van der Waals surface area contributed by atoms with Crippen LogP contribution in [-0.4, -0.2) is 24.0 Å². The highest BCUT2D eigenvalue weighted by Gasteiger charge is 2.42. The number of hydrogen-bond donors (Lipinski definition) is 0. The van der Waals surface area contributed by atoms with E-state index in [1.165, 1.54) is 7.11 Å². The molecule has 0 atom stereocenters. The van der Waals surface area contributed by atoms with Crippen molar-refractivity contribution in [1.29, 1.82) is 0 Å².